The van der Waals surface area contributed by atoms with E-state index in [1.807, 2.05) is 0 Å². The lowest BCUT2D eigenvalue weighted by Crippen LogP contribution is -2.16. The second kappa shape index (κ2) is 8.45. The van der Waals surface area contributed by atoms with Crippen molar-refractivity contribution in [1.82, 2.24) is 20.0 Å². The van der Waals surface area contributed by atoms with E-state index in [4.69, 9.17) is 4.74 Å². The van der Waals surface area contributed by atoms with E-state index in [2.05, 4.69) is 25.3 Å². The van der Waals surface area contributed by atoms with Crippen LogP contribution in [0.4, 0.5) is 20.7 Å². The molecule has 12 heteroatoms. The fourth-order valence-electron chi connectivity index (χ4n) is 2.58. The molecule has 0 aliphatic heterocycles. The van der Waals surface area contributed by atoms with Crippen LogP contribution < -0.4 is 10.0 Å². The first-order valence-corrected chi connectivity index (χ1v) is 10.6. The average molecular weight is 434 g/mol. The maximum Gasteiger partial charge on any atom is 0.413 e. The normalized spacial score (nSPS) is 11.2. The summed E-state index contributed by atoms with van der Waals surface area (Å²) in [6.45, 7) is 1.52. The molecule has 1 aromatic carbocycles. The molecule has 0 fully saturated rings. The van der Waals surface area contributed by atoms with Crippen molar-refractivity contribution in [1.29, 1.82) is 0 Å². The van der Waals surface area contributed by atoms with Crippen molar-refractivity contribution in [2.45, 2.75) is 13.5 Å². The van der Waals surface area contributed by atoms with Gasteiger partial charge < -0.3 is 4.74 Å². The molecule has 30 heavy (non-hydrogen) atoms. The van der Waals surface area contributed by atoms with Crippen molar-refractivity contribution < 1.29 is 22.3 Å². The van der Waals surface area contributed by atoms with Crippen LogP contribution in [0.25, 0.3) is 11.4 Å². The number of nitrogens with zero attached hydrogens (tertiary/aromatic N) is 4. The van der Waals surface area contributed by atoms with Crippen molar-refractivity contribution >= 4 is 27.6 Å². The van der Waals surface area contributed by atoms with Crippen LogP contribution in [-0.2, 0) is 28.4 Å². The Hall–Kier alpha value is -3.54. The number of aryl methyl sites for hydroxylation is 2. The Labute approximate surface area is 172 Å². The Morgan fingerprint density at radius 1 is 1.27 bits per heavy atom. The third kappa shape index (κ3) is 5.29. The Bertz CT molecular complexity index is 1200. The van der Waals surface area contributed by atoms with Crippen LogP contribution in [0.1, 0.15) is 11.3 Å². The maximum absolute atomic E-state index is 13.2. The molecule has 0 unspecified atom stereocenters. The molecule has 0 bridgehead atoms. The van der Waals surface area contributed by atoms with E-state index in [0.29, 0.717) is 22.6 Å². The first-order valence-electron chi connectivity index (χ1n) is 8.66. The number of anilines is 2. The van der Waals surface area contributed by atoms with Crippen LogP contribution in [0.3, 0.4) is 0 Å². The number of sulfonamides is 1. The summed E-state index contributed by atoms with van der Waals surface area (Å²) in [5.41, 5.74) is 1.89. The number of aromatic nitrogens is 4. The summed E-state index contributed by atoms with van der Waals surface area (Å²) >= 11 is 0. The van der Waals surface area contributed by atoms with Gasteiger partial charge in [-0.05, 0) is 36.8 Å². The molecular formula is C18H19FN6O4S. The summed E-state index contributed by atoms with van der Waals surface area (Å²) in [6, 6.07) is 8.80. The fourth-order valence-corrected chi connectivity index (χ4v) is 3.19. The van der Waals surface area contributed by atoms with Crippen LogP contribution in [-0.4, -0.2) is 40.7 Å². The maximum atomic E-state index is 13.2. The molecule has 158 valence electrons. The molecule has 0 aliphatic carbocycles. The highest BCUT2D eigenvalue weighted by Crippen LogP contribution is 2.26. The van der Waals surface area contributed by atoms with Gasteiger partial charge >= 0.3 is 6.09 Å². The molecule has 3 aromatic rings. The third-order valence-corrected chi connectivity index (χ3v) is 4.52. The number of carbonyl (C=O) groups excluding carboxylic acids is 1. The third-order valence-electron chi connectivity index (χ3n) is 3.93. The second-order valence-corrected chi connectivity index (χ2v) is 8.19. The number of hydrogen-bond acceptors (Lipinski definition) is 7. The topological polar surface area (TPSA) is 128 Å². The molecule has 0 spiro atoms. The quantitative estimate of drug-likeness (QED) is 0.610. The Morgan fingerprint density at radius 2 is 2.03 bits per heavy atom. The lowest BCUT2D eigenvalue weighted by Gasteiger charge is -2.10. The molecule has 2 heterocycles. The molecule has 3 rings (SSSR count). The van der Waals surface area contributed by atoms with Gasteiger partial charge in [-0.15, -0.1) is 5.10 Å². The molecule has 2 N–H and O–H groups in total. The van der Waals surface area contributed by atoms with E-state index in [-0.39, 0.29) is 18.1 Å². The van der Waals surface area contributed by atoms with E-state index >= 15 is 0 Å². The Balaban J connectivity index is 1.76. The zero-order valence-electron chi connectivity index (χ0n) is 16.4. The van der Waals surface area contributed by atoms with Crippen molar-refractivity contribution in [3.8, 4) is 11.4 Å². The monoisotopic (exact) mass is 434 g/mol. The van der Waals surface area contributed by atoms with E-state index in [0.717, 1.165) is 6.26 Å². The Kier molecular flexibility index (Phi) is 5.96. The Morgan fingerprint density at radius 3 is 2.70 bits per heavy atom. The van der Waals surface area contributed by atoms with Crippen molar-refractivity contribution in [3.05, 3.63) is 53.5 Å². The molecule has 0 aliphatic rings. The van der Waals surface area contributed by atoms with Gasteiger partial charge in [0.15, 0.2) is 11.5 Å². The molecule has 2 aromatic heterocycles. The highest BCUT2D eigenvalue weighted by Gasteiger charge is 2.18. The van der Waals surface area contributed by atoms with Gasteiger partial charge in [0.25, 0.3) is 0 Å². The predicted molar refractivity (Wildman–Crippen MR) is 108 cm³/mol. The van der Waals surface area contributed by atoms with Gasteiger partial charge in [0, 0.05) is 7.05 Å². The van der Waals surface area contributed by atoms with Gasteiger partial charge in [-0.25, -0.2) is 27.3 Å². The van der Waals surface area contributed by atoms with Crippen LogP contribution in [0, 0.1) is 12.7 Å². The SMILES string of the molecule is Cc1nc(-c2nnn(C)c2NC(=O)OCc2cccc(F)c2)ccc1NS(C)(=O)=O. The number of ether oxygens (including phenoxy) is 1. The van der Waals surface area contributed by atoms with Gasteiger partial charge in [-0.2, -0.15) is 0 Å². The van der Waals surface area contributed by atoms with E-state index in [1.54, 1.807) is 32.2 Å². The highest BCUT2D eigenvalue weighted by molar-refractivity contribution is 7.92. The highest BCUT2D eigenvalue weighted by atomic mass is 32.2. The van der Waals surface area contributed by atoms with Crippen molar-refractivity contribution in [3.63, 3.8) is 0 Å². The van der Waals surface area contributed by atoms with Gasteiger partial charge in [0.1, 0.15) is 12.4 Å². The average Bonchev–Trinajstić information content (AvgIpc) is 3.01. The molecule has 0 saturated carbocycles. The summed E-state index contributed by atoms with van der Waals surface area (Å²) < 4.78 is 44.9. The summed E-state index contributed by atoms with van der Waals surface area (Å²) in [4.78, 5) is 16.5. The minimum Gasteiger partial charge on any atom is -0.444 e. The number of rotatable bonds is 6. The van der Waals surface area contributed by atoms with Crippen LogP contribution in [0.2, 0.25) is 0 Å². The number of amides is 1. The summed E-state index contributed by atoms with van der Waals surface area (Å²) in [5, 5.41) is 10.4. The molecule has 1 amide bonds. The summed E-state index contributed by atoms with van der Waals surface area (Å²) in [5.74, 6) is -0.195. The van der Waals surface area contributed by atoms with E-state index in [1.165, 1.54) is 22.9 Å². The van der Waals surface area contributed by atoms with E-state index < -0.39 is 21.9 Å². The van der Waals surface area contributed by atoms with Gasteiger partial charge in [-0.1, -0.05) is 17.3 Å². The number of hydrogen-bond donors (Lipinski definition) is 2. The number of nitrogens with one attached hydrogen (secondary N) is 2. The van der Waals surface area contributed by atoms with Crippen molar-refractivity contribution in [2.75, 3.05) is 16.3 Å². The van der Waals surface area contributed by atoms with Crippen molar-refractivity contribution in [2.24, 2.45) is 7.05 Å². The lowest BCUT2D eigenvalue weighted by atomic mass is 10.2. The van der Waals surface area contributed by atoms with Gasteiger partial charge in [0.2, 0.25) is 10.0 Å². The first kappa shape index (κ1) is 21.2. The standard InChI is InChI=1S/C18H19FN6O4S/c1-11-14(23-30(3,27)28)7-8-15(20-11)16-17(25(2)24-22-16)21-18(26)29-10-12-5-4-6-13(19)9-12/h4-9,23H,10H2,1-3H3,(H,21,26). The number of carbonyl (C=O) groups is 1. The lowest BCUT2D eigenvalue weighted by molar-refractivity contribution is 0.154. The fraction of sp³-hybridized carbons (Fsp3) is 0.222. The predicted octanol–water partition coefficient (Wildman–Crippen LogP) is 2.44. The molecule has 10 nitrogen and oxygen atoms in total. The number of halogens is 1. The molecule has 0 saturated heterocycles. The zero-order chi connectivity index (χ0) is 21.9. The minimum absolute atomic E-state index is 0.118. The van der Waals surface area contributed by atoms with Crippen LogP contribution >= 0.6 is 0 Å². The van der Waals surface area contributed by atoms with E-state index in [9.17, 15) is 17.6 Å². The largest absolute Gasteiger partial charge is 0.444 e. The van der Waals surface area contributed by atoms with Crippen LogP contribution in [0.5, 0.6) is 0 Å². The van der Waals surface area contributed by atoms with Gasteiger partial charge in [0.05, 0.1) is 23.3 Å². The van der Waals surface area contributed by atoms with Gasteiger partial charge in [-0.3, -0.25) is 10.0 Å². The first-order chi connectivity index (χ1) is 14.1. The molecular weight excluding hydrogens is 415 g/mol. The second-order valence-electron chi connectivity index (χ2n) is 6.45. The minimum atomic E-state index is -3.45. The number of benzene rings is 1. The molecule has 0 atom stereocenters. The molecule has 0 radical (unpaired) electrons. The zero-order valence-corrected chi connectivity index (χ0v) is 17.2. The smallest absolute Gasteiger partial charge is 0.413 e. The summed E-state index contributed by atoms with van der Waals surface area (Å²) in [6.07, 6.45) is 0.263. The summed E-state index contributed by atoms with van der Waals surface area (Å²) in [7, 11) is -1.87. The number of pyridine rings is 1. The van der Waals surface area contributed by atoms with Crippen LogP contribution in [0.15, 0.2) is 36.4 Å².